The van der Waals surface area contributed by atoms with E-state index in [0.29, 0.717) is 16.4 Å². The molecular formula is C27H35N3O4S. The molecule has 4 rings (SSSR count). The highest BCUT2D eigenvalue weighted by molar-refractivity contribution is 7.15. The number of anilines is 1. The molecule has 2 fully saturated rings. The van der Waals surface area contributed by atoms with Gasteiger partial charge in [0.25, 0.3) is 0 Å². The maximum absolute atomic E-state index is 11.8. The monoisotopic (exact) mass is 497 g/mol. The second kappa shape index (κ2) is 11.4. The number of nitrogens with zero attached hydrogens (tertiary/aromatic N) is 2. The highest BCUT2D eigenvalue weighted by Crippen LogP contribution is 2.31. The summed E-state index contributed by atoms with van der Waals surface area (Å²) in [6.07, 6.45) is 5.56. The Kier molecular flexibility index (Phi) is 8.32. The molecule has 0 amide bonds. The van der Waals surface area contributed by atoms with Crippen LogP contribution in [0.5, 0.6) is 5.88 Å². The molecule has 1 aliphatic heterocycles. The van der Waals surface area contributed by atoms with Crippen molar-refractivity contribution in [1.82, 2.24) is 9.88 Å². The van der Waals surface area contributed by atoms with E-state index in [9.17, 15) is 9.90 Å². The first kappa shape index (κ1) is 25.5. The number of rotatable bonds is 7. The maximum atomic E-state index is 11.8. The van der Waals surface area contributed by atoms with Crippen molar-refractivity contribution in [2.75, 3.05) is 31.6 Å². The van der Waals surface area contributed by atoms with E-state index in [1.165, 1.54) is 16.9 Å². The summed E-state index contributed by atoms with van der Waals surface area (Å²) >= 11 is 1.23. The molecular weight excluding hydrogens is 462 g/mol. The van der Waals surface area contributed by atoms with Crippen LogP contribution in [0.1, 0.15) is 66.6 Å². The average Bonchev–Trinajstić information content (AvgIpc) is 3.23. The number of carboxylic acids is 1. The number of hydrogen-bond donors (Lipinski definition) is 2. The van der Waals surface area contributed by atoms with E-state index in [2.05, 4.69) is 27.0 Å². The Hall–Kier alpha value is -2.60. The van der Waals surface area contributed by atoms with Crippen LogP contribution in [0, 0.1) is 17.3 Å². The Morgan fingerprint density at radius 3 is 2.69 bits per heavy atom. The van der Waals surface area contributed by atoms with Gasteiger partial charge < -0.3 is 19.9 Å². The van der Waals surface area contributed by atoms with Crippen LogP contribution < -0.4 is 10.1 Å². The minimum absolute atomic E-state index is 0.119. The summed E-state index contributed by atoms with van der Waals surface area (Å²) in [6, 6.07) is 6.18. The van der Waals surface area contributed by atoms with Crippen molar-refractivity contribution in [3.8, 4) is 17.7 Å². The van der Waals surface area contributed by atoms with E-state index in [1.807, 2.05) is 45.2 Å². The number of carbonyl (C=O) groups is 1. The van der Waals surface area contributed by atoms with Gasteiger partial charge in [0.15, 0.2) is 0 Å². The van der Waals surface area contributed by atoms with E-state index in [1.54, 1.807) is 0 Å². The van der Waals surface area contributed by atoms with Crippen LogP contribution in [-0.4, -0.2) is 59.4 Å². The molecule has 35 heavy (non-hydrogen) atoms. The molecule has 0 spiro atoms. The molecule has 0 radical (unpaired) electrons. The minimum atomic E-state index is -0.915. The van der Waals surface area contributed by atoms with Gasteiger partial charge in [0.2, 0.25) is 5.88 Å². The molecule has 0 aromatic carbocycles. The van der Waals surface area contributed by atoms with Crippen LogP contribution in [0.25, 0.3) is 0 Å². The van der Waals surface area contributed by atoms with Crippen LogP contribution in [0.3, 0.4) is 0 Å². The normalized spacial score (nSPS) is 21.1. The first-order chi connectivity index (χ1) is 16.7. The molecule has 1 saturated heterocycles. The third-order valence-corrected chi connectivity index (χ3v) is 7.16. The van der Waals surface area contributed by atoms with Gasteiger partial charge >= 0.3 is 5.97 Å². The number of nitrogens with one attached hydrogen (secondary N) is 1. The predicted octanol–water partition coefficient (Wildman–Crippen LogP) is 4.87. The Morgan fingerprint density at radius 2 is 2.00 bits per heavy atom. The van der Waals surface area contributed by atoms with Gasteiger partial charge in [0, 0.05) is 43.4 Å². The smallest absolute Gasteiger partial charge is 0.348 e. The molecule has 7 nitrogen and oxygen atoms in total. The Morgan fingerprint density at radius 1 is 1.26 bits per heavy atom. The number of thiophene rings is 1. The number of morpholine rings is 1. The van der Waals surface area contributed by atoms with Crippen molar-refractivity contribution in [3.63, 3.8) is 0 Å². The molecule has 2 N–H and O–H groups in total. The molecule has 2 aliphatic rings. The van der Waals surface area contributed by atoms with Gasteiger partial charge in [-0.1, -0.05) is 11.8 Å². The lowest BCUT2D eigenvalue weighted by molar-refractivity contribution is 0.0341. The molecule has 1 aliphatic carbocycles. The number of pyridine rings is 1. The number of carboxylic acid groups (broad SMARTS) is 1. The zero-order chi connectivity index (χ0) is 24.8. The quantitative estimate of drug-likeness (QED) is 0.528. The summed E-state index contributed by atoms with van der Waals surface area (Å²) in [5.74, 6) is 6.08. The van der Waals surface area contributed by atoms with Crippen molar-refractivity contribution >= 4 is 23.0 Å². The van der Waals surface area contributed by atoms with Crippen molar-refractivity contribution in [3.05, 3.63) is 39.7 Å². The minimum Gasteiger partial charge on any atom is -0.477 e. The first-order valence-corrected chi connectivity index (χ1v) is 13.2. The summed E-state index contributed by atoms with van der Waals surface area (Å²) in [4.78, 5) is 19.7. The molecule has 188 valence electrons. The molecule has 3 heterocycles. The second-order valence-corrected chi connectivity index (χ2v) is 11.3. The first-order valence-electron chi connectivity index (χ1n) is 12.3. The third kappa shape index (κ3) is 7.69. The fourth-order valence-corrected chi connectivity index (χ4v) is 5.13. The SMILES string of the molecule is CC(C)(C)C#Cc1cc(N[C@H]2CC[C@H](Oc3cc(CN4CCOCC4)ccn3)CC2)c(C(=O)O)s1. The topological polar surface area (TPSA) is 83.9 Å². The standard InChI is InChI=1S/C27H35N3O4S/c1-27(2,3)10-8-22-17-23(25(35-22)26(31)32)29-20-4-6-21(7-5-20)34-24-16-19(9-11-28-24)18-30-12-14-33-15-13-30/h9,11,16-17,20-21,29H,4-7,12-15,18H2,1-3H3,(H,31,32)/t20-,21-. The fourth-order valence-electron chi connectivity index (χ4n) is 4.31. The molecule has 0 bridgehead atoms. The van der Waals surface area contributed by atoms with Crippen LogP contribution in [0.4, 0.5) is 5.69 Å². The molecule has 1 saturated carbocycles. The van der Waals surface area contributed by atoms with Crippen LogP contribution in [0.2, 0.25) is 0 Å². The lowest BCUT2D eigenvalue weighted by atomic mass is 9.92. The lowest BCUT2D eigenvalue weighted by Gasteiger charge is -2.30. The summed E-state index contributed by atoms with van der Waals surface area (Å²) in [5.41, 5.74) is 1.75. The number of hydrogen-bond acceptors (Lipinski definition) is 7. The van der Waals surface area contributed by atoms with Crippen LogP contribution in [0.15, 0.2) is 24.4 Å². The second-order valence-electron chi connectivity index (χ2n) is 10.3. The average molecular weight is 498 g/mol. The van der Waals surface area contributed by atoms with Crippen molar-refractivity contribution in [2.45, 2.75) is 65.1 Å². The van der Waals surface area contributed by atoms with E-state index < -0.39 is 5.97 Å². The predicted molar refractivity (Wildman–Crippen MR) is 138 cm³/mol. The Bertz CT molecular complexity index is 1070. The van der Waals surface area contributed by atoms with Gasteiger partial charge in [0.1, 0.15) is 11.0 Å². The van der Waals surface area contributed by atoms with Crippen LogP contribution in [-0.2, 0) is 11.3 Å². The van der Waals surface area contributed by atoms with Gasteiger partial charge in [-0.2, -0.15) is 0 Å². The van der Waals surface area contributed by atoms with Crippen molar-refractivity contribution in [1.29, 1.82) is 0 Å². The van der Waals surface area contributed by atoms with Gasteiger partial charge in [-0.25, -0.2) is 9.78 Å². The van der Waals surface area contributed by atoms with Crippen molar-refractivity contribution in [2.24, 2.45) is 5.41 Å². The number of aromatic nitrogens is 1. The zero-order valence-electron chi connectivity index (χ0n) is 20.8. The molecule has 2 aromatic rings. The summed E-state index contributed by atoms with van der Waals surface area (Å²) < 4.78 is 11.7. The fraction of sp³-hybridized carbons (Fsp3) is 0.556. The van der Waals surface area contributed by atoms with E-state index in [4.69, 9.17) is 9.47 Å². The van der Waals surface area contributed by atoms with Crippen molar-refractivity contribution < 1.29 is 19.4 Å². The lowest BCUT2D eigenvalue weighted by Crippen LogP contribution is -2.35. The Balaban J connectivity index is 1.31. The van der Waals surface area contributed by atoms with E-state index in [-0.39, 0.29) is 17.6 Å². The van der Waals surface area contributed by atoms with E-state index >= 15 is 0 Å². The number of ether oxygens (including phenoxy) is 2. The summed E-state index contributed by atoms with van der Waals surface area (Å²) in [7, 11) is 0. The van der Waals surface area contributed by atoms with Gasteiger partial charge in [0.05, 0.1) is 23.8 Å². The Labute approximate surface area is 211 Å². The highest BCUT2D eigenvalue weighted by Gasteiger charge is 2.25. The molecule has 0 unspecified atom stereocenters. The molecule has 0 atom stereocenters. The summed E-state index contributed by atoms with van der Waals surface area (Å²) in [5, 5.41) is 13.1. The van der Waals surface area contributed by atoms with Gasteiger partial charge in [-0.05, 0) is 64.2 Å². The van der Waals surface area contributed by atoms with Gasteiger partial charge in [-0.15, -0.1) is 11.3 Å². The highest BCUT2D eigenvalue weighted by atomic mass is 32.1. The largest absolute Gasteiger partial charge is 0.477 e. The van der Waals surface area contributed by atoms with Gasteiger partial charge in [-0.3, -0.25) is 4.90 Å². The van der Waals surface area contributed by atoms with Crippen LogP contribution >= 0.6 is 11.3 Å². The zero-order valence-corrected chi connectivity index (χ0v) is 21.6. The molecule has 8 heteroatoms. The molecule has 2 aromatic heterocycles. The number of aromatic carboxylic acids is 1. The third-order valence-electron chi connectivity index (χ3n) is 6.12. The maximum Gasteiger partial charge on any atom is 0.348 e. The summed E-state index contributed by atoms with van der Waals surface area (Å²) in [6.45, 7) is 10.5. The van der Waals surface area contributed by atoms with E-state index in [0.717, 1.165) is 63.4 Å².